The number of ketones is 1. The van der Waals surface area contributed by atoms with Crippen LogP contribution in [0.25, 0.3) is 5.76 Å². The van der Waals surface area contributed by atoms with Crippen LogP contribution in [0.4, 0.5) is 5.13 Å². The van der Waals surface area contributed by atoms with Crippen LogP contribution in [0.2, 0.25) is 0 Å². The quantitative estimate of drug-likeness (QED) is 0.0920. The highest BCUT2D eigenvalue weighted by atomic mass is 32.1. The maximum absolute atomic E-state index is 13.6. The Morgan fingerprint density at radius 2 is 1.73 bits per heavy atom. The number of anilines is 1. The van der Waals surface area contributed by atoms with Gasteiger partial charge in [0.2, 0.25) is 0 Å². The number of thiazole rings is 1. The van der Waals surface area contributed by atoms with Crippen molar-refractivity contribution < 1.29 is 29.0 Å². The van der Waals surface area contributed by atoms with E-state index in [1.54, 1.807) is 38.1 Å². The number of Topliss-reactive ketones (excluding diaryl/α,β-unsaturated/α-hetero) is 1. The molecule has 5 rings (SSSR count). The lowest BCUT2D eigenvalue weighted by atomic mass is 9.93. The number of rotatable bonds is 9. The van der Waals surface area contributed by atoms with Gasteiger partial charge in [0.05, 0.1) is 23.9 Å². The van der Waals surface area contributed by atoms with Gasteiger partial charge in [-0.25, -0.2) is 9.78 Å². The van der Waals surface area contributed by atoms with Crippen molar-refractivity contribution in [1.29, 1.82) is 0 Å². The third-order valence-electron chi connectivity index (χ3n) is 7.43. The fraction of sp³-hybridized carbons (Fsp3) is 0.257. The fourth-order valence-electron chi connectivity index (χ4n) is 5.11. The van der Waals surface area contributed by atoms with Crippen LogP contribution in [0.1, 0.15) is 75.9 Å². The molecule has 9 heteroatoms. The number of esters is 1. The van der Waals surface area contributed by atoms with Gasteiger partial charge in [0, 0.05) is 5.56 Å². The van der Waals surface area contributed by atoms with Crippen LogP contribution in [0.15, 0.2) is 78.4 Å². The van der Waals surface area contributed by atoms with Gasteiger partial charge in [0.1, 0.15) is 23.0 Å². The Labute approximate surface area is 260 Å². The highest BCUT2D eigenvalue weighted by molar-refractivity contribution is 7.17. The minimum atomic E-state index is -0.964. The second-order valence-electron chi connectivity index (χ2n) is 10.9. The first-order valence-electron chi connectivity index (χ1n) is 14.4. The molecule has 0 spiro atoms. The summed E-state index contributed by atoms with van der Waals surface area (Å²) in [5.74, 6) is -1.68. The van der Waals surface area contributed by atoms with Crippen LogP contribution >= 0.6 is 11.3 Å². The number of amides is 1. The molecule has 0 radical (unpaired) electrons. The van der Waals surface area contributed by atoms with E-state index in [0.29, 0.717) is 29.2 Å². The molecule has 1 unspecified atom stereocenters. The normalized spacial score (nSPS) is 16.0. The van der Waals surface area contributed by atoms with Crippen LogP contribution in [0, 0.1) is 13.8 Å². The monoisotopic (exact) mass is 610 g/mol. The Hall–Kier alpha value is -4.76. The molecule has 0 bridgehead atoms. The first kappa shape index (κ1) is 30.7. The average Bonchev–Trinajstić information content (AvgIpc) is 3.52. The Morgan fingerprint density at radius 3 is 2.36 bits per heavy atom. The third kappa shape index (κ3) is 6.14. The predicted octanol–water partition coefficient (Wildman–Crippen LogP) is 7.27. The maximum Gasteiger partial charge on any atom is 0.350 e. The van der Waals surface area contributed by atoms with Gasteiger partial charge in [-0.3, -0.25) is 14.5 Å². The van der Waals surface area contributed by atoms with Crippen molar-refractivity contribution in [3.05, 3.63) is 117 Å². The number of hydrogen-bond donors (Lipinski definition) is 1. The SMILES string of the molecule is CCOC(=O)c1sc(N2C(=O)C(=O)/C(=C(/O)c3ccc(OCc4cccc(C)c4)cc3)C2c2ccc(C(C)C)cc2)nc1C. The summed E-state index contributed by atoms with van der Waals surface area (Å²) in [7, 11) is 0. The molecular weight excluding hydrogens is 576 g/mol. The molecule has 4 aromatic rings. The number of nitrogens with zero attached hydrogens (tertiary/aromatic N) is 2. The van der Waals surface area contributed by atoms with E-state index in [-0.39, 0.29) is 33.9 Å². The number of aliphatic hydroxyl groups excluding tert-OH is 1. The van der Waals surface area contributed by atoms with Crippen molar-refractivity contribution >= 4 is 39.9 Å². The molecule has 1 amide bonds. The summed E-state index contributed by atoms with van der Waals surface area (Å²) in [6, 6.07) is 21.4. The van der Waals surface area contributed by atoms with Crippen LogP contribution < -0.4 is 9.64 Å². The summed E-state index contributed by atoms with van der Waals surface area (Å²) in [6.45, 7) is 10.1. The standard InChI is InChI=1S/C35H34N2O6S/c1-6-42-34(41)32-22(5)36-35(44-32)37-29(25-12-10-24(11-13-25)20(2)3)28(31(39)33(37)40)30(38)26-14-16-27(17-15-26)43-19-23-9-7-8-21(4)18-23/h7-18,20,29,38H,6,19H2,1-5H3/b30-28+. The highest BCUT2D eigenvalue weighted by Crippen LogP contribution is 2.44. The van der Waals surface area contributed by atoms with Gasteiger partial charge in [0.15, 0.2) is 5.13 Å². The van der Waals surface area contributed by atoms with E-state index in [1.807, 2.05) is 55.5 Å². The first-order chi connectivity index (χ1) is 21.1. The van der Waals surface area contributed by atoms with Crippen LogP contribution in [-0.2, 0) is 20.9 Å². The number of aliphatic hydroxyl groups is 1. The lowest BCUT2D eigenvalue weighted by molar-refractivity contribution is -0.132. The van der Waals surface area contributed by atoms with Crippen molar-refractivity contribution in [1.82, 2.24) is 4.98 Å². The van der Waals surface area contributed by atoms with Crippen molar-refractivity contribution in [2.24, 2.45) is 0 Å². The molecule has 1 fully saturated rings. The van der Waals surface area contributed by atoms with E-state index in [9.17, 15) is 19.5 Å². The third-order valence-corrected chi connectivity index (χ3v) is 8.57. The van der Waals surface area contributed by atoms with Crippen molar-refractivity contribution in [2.75, 3.05) is 11.5 Å². The van der Waals surface area contributed by atoms with Crippen LogP contribution in [0.3, 0.4) is 0 Å². The number of ether oxygens (including phenoxy) is 2. The second-order valence-corrected chi connectivity index (χ2v) is 11.9. The van der Waals surface area contributed by atoms with E-state index in [2.05, 4.69) is 18.8 Å². The first-order valence-corrected chi connectivity index (χ1v) is 15.2. The molecule has 1 atom stereocenters. The maximum atomic E-state index is 13.6. The lowest BCUT2D eigenvalue weighted by Crippen LogP contribution is -2.29. The molecule has 44 heavy (non-hydrogen) atoms. The van der Waals surface area contributed by atoms with Gasteiger partial charge >= 0.3 is 11.9 Å². The van der Waals surface area contributed by atoms with E-state index >= 15 is 0 Å². The number of aryl methyl sites for hydroxylation is 2. The number of hydrogen-bond acceptors (Lipinski definition) is 8. The summed E-state index contributed by atoms with van der Waals surface area (Å²) < 4.78 is 11.1. The molecule has 3 aromatic carbocycles. The van der Waals surface area contributed by atoms with Crippen molar-refractivity contribution in [2.45, 2.75) is 53.2 Å². The Balaban J connectivity index is 1.53. The van der Waals surface area contributed by atoms with Gasteiger partial charge in [-0.2, -0.15) is 0 Å². The van der Waals surface area contributed by atoms with Gasteiger partial charge in [0.25, 0.3) is 5.78 Å². The van der Waals surface area contributed by atoms with E-state index in [4.69, 9.17) is 9.47 Å². The van der Waals surface area contributed by atoms with Crippen LogP contribution in [-0.4, -0.2) is 34.4 Å². The Bertz CT molecular complexity index is 1740. The molecule has 1 saturated heterocycles. The number of carbonyl (C=O) groups excluding carboxylic acids is 3. The highest BCUT2D eigenvalue weighted by Gasteiger charge is 2.48. The van der Waals surface area contributed by atoms with E-state index < -0.39 is 23.7 Å². The zero-order valence-corrected chi connectivity index (χ0v) is 26.1. The zero-order chi connectivity index (χ0) is 31.5. The lowest BCUT2D eigenvalue weighted by Gasteiger charge is -2.23. The summed E-state index contributed by atoms with van der Waals surface area (Å²) in [4.78, 5) is 45.7. The minimum Gasteiger partial charge on any atom is -0.507 e. The van der Waals surface area contributed by atoms with Crippen molar-refractivity contribution in [3.8, 4) is 5.75 Å². The number of carbonyl (C=O) groups is 3. The summed E-state index contributed by atoms with van der Waals surface area (Å²) in [6.07, 6.45) is 0. The molecule has 2 heterocycles. The van der Waals surface area contributed by atoms with Gasteiger partial charge < -0.3 is 14.6 Å². The van der Waals surface area contributed by atoms with Gasteiger partial charge in [-0.05, 0) is 67.6 Å². The predicted molar refractivity (Wildman–Crippen MR) is 170 cm³/mol. The number of benzene rings is 3. The largest absolute Gasteiger partial charge is 0.507 e. The molecule has 226 valence electrons. The van der Waals surface area contributed by atoms with Crippen LogP contribution in [0.5, 0.6) is 5.75 Å². The number of aromatic nitrogens is 1. The molecule has 1 N–H and O–H groups in total. The molecular formula is C35H34N2O6S. The average molecular weight is 611 g/mol. The summed E-state index contributed by atoms with van der Waals surface area (Å²) in [5, 5.41) is 11.7. The summed E-state index contributed by atoms with van der Waals surface area (Å²) >= 11 is 0.979. The molecule has 1 aliphatic rings. The molecule has 8 nitrogen and oxygen atoms in total. The topological polar surface area (TPSA) is 106 Å². The second kappa shape index (κ2) is 12.9. The molecule has 0 aliphatic carbocycles. The van der Waals surface area contributed by atoms with Gasteiger partial charge in [-0.1, -0.05) is 79.3 Å². The smallest absolute Gasteiger partial charge is 0.350 e. The minimum absolute atomic E-state index is 0.0636. The Kier molecular flexibility index (Phi) is 8.96. The zero-order valence-electron chi connectivity index (χ0n) is 25.3. The summed E-state index contributed by atoms with van der Waals surface area (Å²) in [5.41, 5.74) is 4.56. The molecule has 1 aromatic heterocycles. The van der Waals surface area contributed by atoms with Gasteiger partial charge in [-0.15, -0.1) is 0 Å². The molecule has 1 aliphatic heterocycles. The Morgan fingerprint density at radius 1 is 1.02 bits per heavy atom. The van der Waals surface area contributed by atoms with E-state index in [0.717, 1.165) is 28.0 Å². The van der Waals surface area contributed by atoms with Crippen molar-refractivity contribution in [3.63, 3.8) is 0 Å². The fourth-order valence-corrected chi connectivity index (χ4v) is 6.10. The van der Waals surface area contributed by atoms with E-state index in [1.165, 1.54) is 4.90 Å². The molecule has 0 saturated carbocycles.